The van der Waals surface area contributed by atoms with Gasteiger partial charge in [-0.1, -0.05) is 18.2 Å². The summed E-state index contributed by atoms with van der Waals surface area (Å²) in [6.07, 6.45) is 0. The average molecular weight is 265 g/mol. The highest BCUT2D eigenvalue weighted by Crippen LogP contribution is 2.23. The molecule has 19 heavy (non-hydrogen) atoms. The molecule has 0 aromatic heterocycles. The number of carboxylic acid groups (broad SMARTS) is 1. The Morgan fingerprint density at radius 2 is 1.89 bits per heavy atom. The Morgan fingerprint density at radius 3 is 2.42 bits per heavy atom. The van der Waals surface area contributed by atoms with Crippen LogP contribution in [-0.4, -0.2) is 36.0 Å². The monoisotopic (exact) mass is 265 g/mol. The molecule has 0 radical (unpaired) electrons. The fourth-order valence-corrected chi connectivity index (χ4v) is 1.73. The van der Waals surface area contributed by atoms with Crippen LogP contribution in [0.3, 0.4) is 0 Å². The number of hydrogen-bond donors (Lipinski definition) is 1. The maximum Gasteiger partial charge on any atom is 0.318 e. The van der Waals surface area contributed by atoms with Crippen molar-refractivity contribution >= 4 is 11.9 Å². The fraction of sp³-hybridized carbons (Fsp3) is 0.429. The van der Waals surface area contributed by atoms with Crippen molar-refractivity contribution in [2.45, 2.75) is 20.4 Å². The number of carboxylic acids is 1. The number of aliphatic carboxylic acids is 1. The van der Waals surface area contributed by atoms with Gasteiger partial charge in [0.05, 0.1) is 7.11 Å². The number of hydrogen-bond acceptors (Lipinski definition) is 3. The minimum Gasteiger partial charge on any atom is -0.496 e. The highest BCUT2D eigenvalue weighted by Gasteiger charge is 2.38. The lowest BCUT2D eigenvalue weighted by Gasteiger charge is -2.26. The summed E-state index contributed by atoms with van der Waals surface area (Å²) in [5.41, 5.74) is -0.599. The molecule has 0 aliphatic rings. The fourth-order valence-electron chi connectivity index (χ4n) is 1.73. The standard InChI is InChI=1S/C14H19NO4/c1-14(2,13(17)18)12(16)15(3)9-10-7-5-6-8-11(10)19-4/h5-8H,9H2,1-4H3,(H,17,18). The summed E-state index contributed by atoms with van der Waals surface area (Å²) in [5, 5.41) is 9.06. The minimum absolute atomic E-state index is 0.305. The van der Waals surface area contributed by atoms with E-state index < -0.39 is 17.3 Å². The highest BCUT2D eigenvalue weighted by atomic mass is 16.5. The third-order valence-corrected chi connectivity index (χ3v) is 3.02. The number of carbonyl (C=O) groups excluding carboxylic acids is 1. The van der Waals surface area contributed by atoms with Crippen LogP contribution < -0.4 is 4.74 Å². The molecule has 0 atom stereocenters. The van der Waals surface area contributed by atoms with Gasteiger partial charge in [-0.15, -0.1) is 0 Å². The maximum absolute atomic E-state index is 12.1. The molecule has 0 heterocycles. The lowest BCUT2D eigenvalue weighted by Crippen LogP contribution is -2.43. The summed E-state index contributed by atoms with van der Waals surface area (Å²) in [6, 6.07) is 7.33. The number of nitrogens with zero attached hydrogens (tertiary/aromatic N) is 1. The molecule has 0 saturated carbocycles. The molecule has 1 aromatic rings. The van der Waals surface area contributed by atoms with Crippen LogP contribution in [0.2, 0.25) is 0 Å². The van der Waals surface area contributed by atoms with E-state index >= 15 is 0 Å². The lowest BCUT2D eigenvalue weighted by atomic mass is 9.92. The first-order chi connectivity index (χ1) is 8.80. The van der Waals surface area contributed by atoms with E-state index in [9.17, 15) is 9.59 Å². The first kappa shape index (κ1) is 15.0. The molecule has 0 aliphatic heterocycles. The van der Waals surface area contributed by atoms with Crippen molar-refractivity contribution in [2.24, 2.45) is 5.41 Å². The summed E-state index contributed by atoms with van der Waals surface area (Å²) in [5.74, 6) is -0.898. The zero-order valence-corrected chi connectivity index (χ0v) is 11.6. The van der Waals surface area contributed by atoms with Crippen LogP contribution >= 0.6 is 0 Å². The molecular weight excluding hydrogens is 246 g/mol. The number of amides is 1. The van der Waals surface area contributed by atoms with E-state index in [0.717, 1.165) is 5.56 Å². The molecule has 0 unspecified atom stereocenters. The summed E-state index contributed by atoms with van der Waals surface area (Å²) in [4.78, 5) is 24.6. The van der Waals surface area contributed by atoms with Crippen molar-refractivity contribution in [1.29, 1.82) is 0 Å². The van der Waals surface area contributed by atoms with Crippen molar-refractivity contribution in [3.8, 4) is 5.75 Å². The molecule has 1 amide bonds. The number of ether oxygens (including phenoxy) is 1. The van der Waals surface area contributed by atoms with Gasteiger partial charge < -0.3 is 14.7 Å². The van der Waals surface area contributed by atoms with Gasteiger partial charge in [0.2, 0.25) is 5.91 Å². The number of benzene rings is 1. The second-order valence-corrected chi connectivity index (χ2v) is 4.90. The Balaban J connectivity index is 2.88. The van der Waals surface area contributed by atoms with Crippen LogP contribution in [-0.2, 0) is 16.1 Å². The quantitative estimate of drug-likeness (QED) is 0.824. The number of para-hydroxylation sites is 1. The highest BCUT2D eigenvalue weighted by molar-refractivity contribution is 6.00. The minimum atomic E-state index is -1.43. The van der Waals surface area contributed by atoms with E-state index in [1.165, 1.54) is 18.7 Å². The largest absolute Gasteiger partial charge is 0.496 e. The molecule has 5 nitrogen and oxygen atoms in total. The topological polar surface area (TPSA) is 66.8 Å². The predicted octanol–water partition coefficient (Wildman–Crippen LogP) is 1.76. The van der Waals surface area contributed by atoms with Gasteiger partial charge in [0.15, 0.2) is 0 Å². The van der Waals surface area contributed by atoms with E-state index in [1.807, 2.05) is 18.2 Å². The van der Waals surface area contributed by atoms with Crippen molar-refractivity contribution < 1.29 is 19.4 Å². The third kappa shape index (κ3) is 3.24. The second-order valence-electron chi connectivity index (χ2n) is 4.90. The van der Waals surface area contributed by atoms with Gasteiger partial charge in [0, 0.05) is 19.2 Å². The molecule has 1 N–H and O–H groups in total. The normalized spacial score (nSPS) is 10.9. The number of carbonyl (C=O) groups is 2. The van der Waals surface area contributed by atoms with Gasteiger partial charge in [-0.2, -0.15) is 0 Å². The van der Waals surface area contributed by atoms with E-state index in [2.05, 4.69) is 0 Å². The number of rotatable bonds is 5. The summed E-state index contributed by atoms with van der Waals surface area (Å²) in [7, 11) is 3.14. The van der Waals surface area contributed by atoms with Gasteiger partial charge in [-0.25, -0.2) is 0 Å². The van der Waals surface area contributed by atoms with E-state index in [4.69, 9.17) is 9.84 Å². The second kappa shape index (κ2) is 5.73. The van der Waals surface area contributed by atoms with E-state index in [0.29, 0.717) is 12.3 Å². The van der Waals surface area contributed by atoms with Crippen LogP contribution in [0.4, 0.5) is 0 Å². The van der Waals surface area contributed by atoms with E-state index in [1.54, 1.807) is 20.2 Å². The van der Waals surface area contributed by atoms with Crippen LogP contribution in [0, 0.1) is 5.41 Å². The van der Waals surface area contributed by atoms with Gasteiger partial charge in [0.1, 0.15) is 11.2 Å². The molecule has 0 bridgehead atoms. The van der Waals surface area contributed by atoms with Crippen LogP contribution in [0.1, 0.15) is 19.4 Å². The Kier molecular flexibility index (Phi) is 4.53. The molecule has 0 saturated heterocycles. The van der Waals surface area contributed by atoms with Crippen molar-refractivity contribution in [3.05, 3.63) is 29.8 Å². The van der Waals surface area contributed by atoms with Crippen LogP contribution in [0.5, 0.6) is 5.75 Å². The summed E-state index contributed by atoms with van der Waals surface area (Å²) >= 11 is 0. The Labute approximate surface area is 112 Å². The Bertz CT molecular complexity index is 482. The molecular formula is C14H19NO4. The first-order valence-electron chi connectivity index (χ1n) is 5.91. The molecule has 1 aromatic carbocycles. The predicted molar refractivity (Wildman–Crippen MR) is 70.9 cm³/mol. The molecule has 5 heteroatoms. The summed E-state index contributed by atoms with van der Waals surface area (Å²) in [6.45, 7) is 3.10. The zero-order chi connectivity index (χ0) is 14.6. The molecule has 0 fully saturated rings. The van der Waals surface area contributed by atoms with Gasteiger partial charge >= 0.3 is 5.97 Å². The smallest absolute Gasteiger partial charge is 0.318 e. The molecule has 1 rings (SSSR count). The van der Waals surface area contributed by atoms with Crippen molar-refractivity contribution in [1.82, 2.24) is 4.90 Å². The Hall–Kier alpha value is -2.04. The van der Waals surface area contributed by atoms with Gasteiger partial charge in [-0.05, 0) is 19.9 Å². The van der Waals surface area contributed by atoms with Crippen LogP contribution in [0.25, 0.3) is 0 Å². The van der Waals surface area contributed by atoms with Crippen LogP contribution in [0.15, 0.2) is 24.3 Å². The zero-order valence-electron chi connectivity index (χ0n) is 11.6. The van der Waals surface area contributed by atoms with E-state index in [-0.39, 0.29) is 0 Å². The summed E-state index contributed by atoms with van der Waals surface area (Å²) < 4.78 is 5.20. The maximum atomic E-state index is 12.1. The Morgan fingerprint density at radius 1 is 1.32 bits per heavy atom. The lowest BCUT2D eigenvalue weighted by molar-refractivity contribution is -0.157. The first-order valence-corrected chi connectivity index (χ1v) is 5.91. The van der Waals surface area contributed by atoms with Crippen molar-refractivity contribution in [3.63, 3.8) is 0 Å². The van der Waals surface area contributed by atoms with Gasteiger partial charge in [0.25, 0.3) is 0 Å². The van der Waals surface area contributed by atoms with Gasteiger partial charge in [-0.3, -0.25) is 9.59 Å². The average Bonchev–Trinajstić information content (AvgIpc) is 2.38. The SMILES string of the molecule is COc1ccccc1CN(C)C(=O)C(C)(C)C(=O)O. The molecule has 0 aliphatic carbocycles. The number of methoxy groups -OCH3 is 1. The third-order valence-electron chi connectivity index (χ3n) is 3.02. The molecule has 104 valence electrons. The molecule has 0 spiro atoms. The van der Waals surface area contributed by atoms with Crippen molar-refractivity contribution in [2.75, 3.05) is 14.2 Å².